The third-order valence-corrected chi connectivity index (χ3v) is 5.10. The lowest BCUT2D eigenvalue weighted by molar-refractivity contribution is 0.355. The summed E-state index contributed by atoms with van der Waals surface area (Å²) in [5.41, 5.74) is 2.35. The van der Waals surface area contributed by atoms with Gasteiger partial charge in [-0.25, -0.2) is 8.42 Å². The fraction of sp³-hybridized carbons (Fsp3) is 0.429. The van der Waals surface area contributed by atoms with Crippen molar-refractivity contribution in [1.29, 1.82) is 0 Å². The standard InChI is InChI=1S/C14H18BrNO2S/c1-3-8-16-9-13(14(15)10-16)11-4-6-12(7-5-11)19(2,17)18/h4-7H,3,8-10H2,1-2H3. The van der Waals surface area contributed by atoms with Crippen molar-refractivity contribution in [1.82, 2.24) is 4.90 Å². The van der Waals surface area contributed by atoms with E-state index in [1.165, 1.54) is 16.3 Å². The number of halogens is 1. The lowest BCUT2D eigenvalue weighted by Crippen LogP contribution is -2.21. The Labute approximate surface area is 123 Å². The lowest BCUT2D eigenvalue weighted by Gasteiger charge is -2.14. The average Bonchev–Trinajstić information content (AvgIpc) is 2.70. The van der Waals surface area contributed by atoms with Crippen LogP contribution in [0.3, 0.4) is 0 Å². The van der Waals surface area contributed by atoms with Gasteiger partial charge in [-0.15, -0.1) is 0 Å². The molecule has 0 bridgehead atoms. The van der Waals surface area contributed by atoms with E-state index in [4.69, 9.17) is 0 Å². The fourth-order valence-electron chi connectivity index (χ4n) is 2.28. The highest BCUT2D eigenvalue weighted by atomic mass is 79.9. The van der Waals surface area contributed by atoms with E-state index in [1.807, 2.05) is 12.1 Å². The van der Waals surface area contributed by atoms with E-state index in [9.17, 15) is 8.42 Å². The van der Waals surface area contributed by atoms with E-state index in [1.54, 1.807) is 12.1 Å². The number of benzene rings is 1. The van der Waals surface area contributed by atoms with Crippen molar-refractivity contribution >= 4 is 31.3 Å². The second kappa shape index (κ2) is 5.77. The van der Waals surface area contributed by atoms with Gasteiger partial charge in [0.1, 0.15) is 0 Å². The minimum atomic E-state index is -3.11. The van der Waals surface area contributed by atoms with Crippen LogP contribution in [0.5, 0.6) is 0 Å². The first-order valence-electron chi connectivity index (χ1n) is 6.32. The summed E-state index contributed by atoms with van der Waals surface area (Å²) in [4.78, 5) is 2.75. The van der Waals surface area contributed by atoms with Gasteiger partial charge in [-0.05, 0) is 36.2 Å². The van der Waals surface area contributed by atoms with E-state index in [-0.39, 0.29) is 0 Å². The van der Waals surface area contributed by atoms with Gasteiger partial charge in [0.15, 0.2) is 9.84 Å². The molecule has 104 valence electrons. The summed E-state index contributed by atoms with van der Waals surface area (Å²) in [6, 6.07) is 7.14. The molecule has 2 rings (SSSR count). The molecular weight excluding hydrogens is 326 g/mol. The van der Waals surface area contributed by atoms with Gasteiger partial charge >= 0.3 is 0 Å². The van der Waals surface area contributed by atoms with Crippen LogP contribution in [0.2, 0.25) is 0 Å². The van der Waals surface area contributed by atoms with Gasteiger partial charge in [-0.1, -0.05) is 35.0 Å². The van der Waals surface area contributed by atoms with Crippen LogP contribution >= 0.6 is 15.9 Å². The SMILES string of the molecule is CCCN1CC(Br)=C(c2ccc(S(C)(=O)=O)cc2)C1. The maximum Gasteiger partial charge on any atom is 0.175 e. The van der Waals surface area contributed by atoms with Gasteiger partial charge in [0.05, 0.1) is 4.90 Å². The third-order valence-electron chi connectivity index (χ3n) is 3.24. The Hall–Kier alpha value is -0.650. The van der Waals surface area contributed by atoms with Gasteiger partial charge in [0.2, 0.25) is 0 Å². The predicted molar refractivity (Wildman–Crippen MR) is 82.1 cm³/mol. The maximum absolute atomic E-state index is 11.4. The summed E-state index contributed by atoms with van der Waals surface area (Å²) in [5.74, 6) is 0. The normalized spacial score (nSPS) is 17.2. The van der Waals surface area contributed by atoms with Crippen LogP contribution in [0, 0.1) is 0 Å². The minimum absolute atomic E-state index is 0.372. The first-order valence-corrected chi connectivity index (χ1v) is 9.00. The highest BCUT2D eigenvalue weighted by Crippen LogP contribution is 2.30. The second-order valence-electron chi connectivity index (χ2n) is 4.89. The molecule has 0 aliphatic carbocycles. The third kappa shape index (κ3) is 3.46. The molecule has 0 atom stereocenters. The monoisotopic (exact) mass is 343 g/mol. The van der Waals surface area contributed by atoms with E-state index < -0.39 is 9.84 Å². The molecule has 0 N–H and O–H groups in total. The van der Waals surface area contributed by atoms with E-state index in [0.29, 0.717) is 4.90 Å². The zero-order chi connectivity index (χ0) is 14.0. The van der Waals surface area contributed by atoms with Crippen LogP contribution in [0.1, 0.15) is 18.9 Å². The van der Waals surface area contributed by atoms with Crippen LogP contribution in [-0.2, 0) is 9.84 Å². The molecule has 0 saturated heterocycles. The highest BCUT2D eigenvalue weighted by molar-refractivity contribution is 9.11. The molecule has 1 aromatic rings. The molecule has 0 radical (unpaired) electrons. The maximum atomic E-state index is 11.4. The van der Waals surface area contributed by atoms with Crippen LogP contribution in [0.25, 0.3) is 5.57 Å². The number of nitrogens with zero attached hydrogens (tertiary/aromatic N) is 1. The molecule has 0 amide bonds. The van der Waals surface area contributed by atoms with Crippen molar-refractivity contribution in [3.63, 3.8) is 0 Å². The Morgan fingerprint density at radius 3 is 2.37 bits per heavy atom. The number of rotatable bonds is 4. The highest BCUT2D eigenvalue weighted by Gasteiger charge is 2.20. The Balaban J connectivity index is 2.22. The molecule has 1 heterocycles. The van der Waals surface area contributed by atoms with Crippen molar-refractivity contribution in [3.8, 4) is 0 Å². The summed E-state index contributed by atoms with van der Waals surface area (Å²) < 4.78 is 24.1. The molecule has 0 spiro atoms. The van der Waals surface area contributed by atoms with Gasteiger partial charge in [0.25, 0.3) is 0 Å². The average molecular weight is 344 g/mol. The molecule has 0 fully saturated rings. The molecule has 19 heavy (non-hydrogen) atoms. The molecule has 3 nitrogen and oxygen atoms in total. The van der Waals surface area contributed by atoms with Crippen LogP contribution in [0.15, 0.2) is 33.6 Å². The molecule has 1 aliphatic rings. The smallest absolute Gasteiger partial charge is 0.175 e. The predicted octanol–water partition coefficient (Wildman–Crippen LogP) is 2.92. The summed E-state index contributed by atoms with van der Waals surface area (Å²) in [7, 11) is -3.11. The Morgan fingerprint density at radius 2 is 1.84 bits per heavy atom. The molecular formula is C14H18BrNO2S. The quantitative estimate of drug-likeness (QED) is 0.843. The summed E-state index contributed by atoms with van der Waals surface area (Å²) >= 11 is 3.63. The van der Waals surface area contributed by atoms with Crippen molar-refractivity contribution < 1.29 is 8.42 Å². The summed E-state index contributed by atoms with van der Waals surface area (Å²) in [6.45, 7) is 5.12. The number of hydrogen-bond acceptors (Lipinski definition) is 3. The topological polar surface area (TPSA) is 37.4 Å². The van der Waals surface area contributed by atoms with Crippen molar-refractivity contribution in [2.75, 3.05) is 25.9 Å². The summed E-state index contributed by atoms with van der Waals surface area (Å²) in [6.07, 6.45) is 2.37. The van der Waals surface area contributed by atoms with Crippen LogP contribution in [0.4, 0.5) is 0 Å². The zero-order valence-corrected chi connectivity index (χ0v) is 13.6. The Kier molecular flexibility index (Phi) is 4.48. The summed E-state index contributed by atoms with van der Waals surface area (Å²) in [5, 5.41) is 0. The van der Waals surface area contributed by atoms with E-state index in [2.05, 4.69) is 27.8 Å². The largest absolute Gasteiger partial charge is 0.294 e. The lowest BCUT2D eigenvalue weighted by atomic mass is 10.1. The molecule has 5 heteroatoms. The van der Waals surface area contributed by atoms with Crippen molar-refractivity contribution in [2.24, 2.45) is 0 Å². The van der Waals surface area contributed by atoms with Gasteiger partial charge in [-0.2, -0.15) is 0 Å². The second-order valence-corrected chi connectivity index (χ2v) is 7.86. The molecule has 0 aromatic heterocycles. The molecule has 1 aliphatic heterocycles. The van der Waals surface area contributed by atoms with E-state index in [0.717, 1.165) is 31.6 Å². The number of sulfone groups is 1. The van der Waals surface area contributed by atoms with Crippen LogP contribution in [-0.4, -0.2) is 39.2 Å². The zero-order valence-electron chi connectivity index (χ0n) is 11.2. The Bertz CT molecular complexity index is 590. The van der Waals surface area contributed by atoms with Gasteiger partial charge in [-0.3, -0.25) is 4.90 Å². The van der Waals surface area contributed by atoms with Crippen LogP contribution < -0.4 is 0 Å². The van der Waals surface area contributed by atoms with Crippen molar-refractivity contribution in [3.05, 3.63) is 34.3 Å². The molecule has 1 aromatic carbocycles. The minimum Gasteiger partial charge on any atom is -0.294 e. The number of hydrogen-bond donors (Lipinski definition) is 0. The first kappa shape index (κ1) is 14.8. The Morgan fingerprint density at radius 1 is 1.21 bits per heavy atom. The van der Waals surface area contributed by atoms with Crippen molar-refractivity contribution in [2.45, 2.75) is 18.2 Å². The first-order chi connectivity index (χ1) is 8.91. The van der Waals surface area contributed by atoms with Gasteiger partial charge in [0, 0.05) is 23.8 Å². The van der Waals surface area contributed by atoms with E-state index >= 15 is 0 Å². The fourth-order valence-corrected chi connectivity index (χ4v) is 3.62. The molecule has 0 unspecified atom stereocenters. The molecule has 0 saturated carbocycles. The van der Waals surface area contributed by atoms with Gasteiger partial charge < -0.3 is 0 Å².